The van der Waals surface area contributed by atoms with Gasteiger partial charge >= 0.3 is 6.18 Å². The largest absolute Gasteiger partial charge is 0.484 e. The Hall–Kier alpha value is -2.52. The van der Waals surface area contributed by atoms with Gasteiger partial charge in [0.25, 0.3) is 5.91 Å². The van der Waals surface area contributed by atoms with Crippen molar-refractivity contribution in [1.29, 1.82) is 0 Å². The molecule has 1 aromatic heterocycles. The smallest absolute Gasteiger partial charge is 0.422 e. The van der Waals surface area contributed by atoms with E-state index in [9.17, 15) is 18.0 Å². The second-order valence-corrected chi connectivity index (χ2v) is 7.33. The molecule has 0 aliphatic heterocycles. The fraction of sp³-hybridized carbons (Fsp3) is 0.158. The molecular formula is C19H14BrClF3N3O2. The average Bonchev–Trinajstić information content (AvgIpc) is 3.00. The zero-order chi connectivity index (χ0) is 21.0. The third-order valence-electron chi connectivity index (χ3n) is 3.71. The Bertz CT molecular complexity index is 1010. The number of benzene rings is 2. The number of halogens is 5. The first-order chi connectivity index (χ1) is 13.7. The molecule has 1 N–H and O–H groups in total. The zero-order valence-electron chi connectivity index (χ0n) is 14.7. The Kier molecular flexibility index (Phi) is 6.49. The molecule has 1 heterocycles. The van der Waals surface area contributed by atoms with Gasteiger partial charge in [-0.1, -0.05) is 29.8 Å². The Balaban J connectivity index is 1.67. The van der Waals surface area contributed by atoms with Crippen LogP contribution in [0.25, 0.3) is 0 Å². The lowest BCUT2D eigenvalue weighted by atomic mass is 10.2. The fourth-order valence-corrected chi connectivity index (χ4v) is 2.95. The third-order valence-corrected chi connectivity index (χ3v) is 4.54. The van der Waals surface area contributed by atoms with Crippen LogP contribution in [0.1, 0.15) is 15.9 Å². The monoisotopic (exact) mass is 487 g/mol. The van der Waals surface area contributed by atoms with Crippen LogP contribution in [0.5, 0.6) is 5.75 Å². The number of hydrogen-bond donors (Lipinski definition) is 1. The van der Waals surface area contributed by atoms with Gasteiger partial charge in [0.2, 0.25) is 0 Å². The van der Waals surface area contributed by atoms with E-state index in [1.54, 1.807) is 23.0 Å². The molecule has 3 rings (SSSR count). The highest BCUT2D eigenvalue weighted by Crippen LogP contribution is 2.23. The summed E-state index contributed by atoms with van der Waals surface area (Å²) in [5, 5.41) is 7.56. The molecule has 0 aliphatic carbocycles. The van der Waals surface area contributed by atoms with E-state index in [1.807, 2.05) is 12.1 Å². The van der Waals surface area contributed by atoms with Gasteiger partial charge in [0, 0.05) is 16.8 Å². The summed E-state index contributed by atoms with van der Waals surface area (Å²) in [7, 11) is 0. The van der Waals surface area contributed by atoms with Gasteiger partial charge in [0.1, 0.15) is 5.75 Å². The van der Waals surface area contributed by atoms with E-state index in [0.717, 1.165) is 5.56 Å². The maximum atomic E-state index is 12.5. The van der Waals surface area contributed by atoms with Crippen LogP contribution in [0.4, 0.5) is 19.0 Å². The van der Waals surface area contributed by atoms with Gasteiger partial charge in [-0.2, -0.15) is 18.3 Å². The number of amides is 1. The lowest BCUT2D eigenvalue weighted by Crippen LogP contribution is -2.19. The molecule has 1 amide bonds. The maximum Gasteiger partial charge on any atom is 0.422 e. The molecule has 0 saturated heterocycles. The minimum atomic E-state index is -4.46. The van der Waals surface area contributed by atoms with E-state index in [1.165, 1.54) is 24.3 Å². The molecule has 10 heteroatoms. The van der Waals surface area contributed by atoms with Crippen molar-refractivity contribution >= 4 is 39.3 Å². The molecule has 3 aromatic rings. The number of carbonyl (C=O) groups is 1. The average molecular weight is 489 g/mol. The van der Waals surface area contributed by atoms with Gasteiger partial charge in [-0.3, -0.25) is 9.48 Å². The van der Waals surface area contributed by atoms with Crippen molar-refractivity contribution in [3.05, 3.63) is 75.4 Å². The maximum absolute atomic E-state index is 12.5. The van der Waals surface area contributed by atoms with E-state index < -0.39 is 18.7 Å². The third kappa shape index (κ3) is 6.23. The van der Waals surface area contributed by atoms with Crippen LogP contribution in [-0.4, -0.2) is 28.5 Å². The van der Waals surface area contributed by atoms with Crippen molar-refractivity contribution in [2.75, 3.05) is 11.9 Å². The first-order valence-corrected chi connectivity index (χ1v) is 9.45. The second kappa shape index (κ2) is 8.87. The normalized spacial score (nSPS) is 11.3. The summed E-state index contributed by atoms with van der Waals surface area (Å²) < 4.78 is 43.7. The highest BCUT2D eigenvalue weighted by atomic mass is 79.9. The highest BCUT2D eigenvalue weighted by Gasteiger charge is 2.28. The van der Waals surface area contributed by atoms with E-state index in [2.05, 4.69) is 31.1 Å². The van der Waals surface area contributed by atoms with E-state index in [4.69, 9.17) is 11.6 Å². The molecule has 29 heavy (non-hydrogen) atoms. The Morgan fingerprint density at radius 2 is 1.93 bits per heavy atom. The quantitative estimate of drug-likeness (QED) is 0.496. The lowest BCUT2D eigenvalue weighted by Gasteiger charge is -2.10. The Morgan fingerprint density at radius 3 is 2.62 bits per heavy atom. The first kappa shape index (κ1) is 21.2. The summed E-state index contributed by atoms with van der Waals surface area (Å²) in [6, 6.07) is 12.8. The summed E-state index contributed by atoms with van der Waals surface area (Å²) in [6.45, 7) is -0.967. The predicted molar refractivity (Wildman–Crippen MR) is 106 cm³/mol. The topological polar surface area (TPSA) is 56.2 Å². The van der Waals surface area contributed by atoms with Gasteiger partial charge in [0.15, 0.2) is 12.4 Å². The number of alkyl halides is 3. The van der Waals surface area contributed by atoms with Crippen LogP contribution in [0.15, 0.2) is 59.2 Å². The van der Waals surface area contributed by atoms with Crippen LogP contribution >= 0.6 is 27.5 Å². The van der Waals surface area contributed by atoms with Crippen molar-refractivity contribution in [3.8, 4) is 5.75 Å². The summed E-state index contributed by atoms with van der Waals surface area (Å²) in [6.07, 6.45) is -2.76. The number of nitrogens with zero attached hydrogens (tertiary/aromatic N) is 2. The lowest BCUT2D eigenvalue weighted by molar-refractivity contribution is -0.153. The summed E-state index contributed by atoms with van der Waals surface area (Å²) >= 11 is 9.21. The number of nitrogens with one attached hydrogen (secondary N) is 1. The zero-order valence-corrected chi connectivity index (χ0v) is 17.1. The number of anilines is 1. The van der Waals surface area contributed by atoms with Gasteiger partial charge in [-0.15, -0.1) is 0 Å². The van der Waals surface area contributed by atoms with Gasteiger partial charge < -0.3 is 10.1 Å². The van der Waals surface area contributed by atoms with Crippen molar-refractivity contribution in [3.63, 3.8) is 0 Å². The molecule has 0 unspecified atom stereocenters. The summed E-state index contributed by atoms with van der Waals surface area (Å²) in [4.78, 5) is 12.5. The SMILES string of the molecule is O=C(Nc1nn(Cc2ccc(Cl)cc2)cc1Br)c1cccc(OCC(F)(F)F)c1. The first-order valence-electron chi connectivity index (χ1n) is 8.28. The number of carbonyl (C=O) groups excluding carboxylic acids is 1. The highest BCUT2D eigenvalue weighted by molar-refractivity contribution is 9.10. The molecule has 5 nitrogen and oxygen atoms in total. The Morgan fingerprint density at radius 1 is 1.21 bits per heavy atom. The minimum Gasteiger partial charge on any atom is -0.484 e. The molecule has 0 bridgehead atoms. The van der Waals surface area contributed by atoms with Gasteiger partial charge in [-0.25, -0.2) is 0 Å². The number of hydrogen-bond acceptors (Lipinski definition) is 3. The van der Waals surface area contributed by atoms with E-state index >= 15 is 0 Å². The minimum absolute atomic E-state index is 0.0534. The van der Waals surface area contributed by atoms with Crippen molar-refractivity contribution < 1.29 is 22.7 Å². The molecule has 152 valence electrons. The van der Waals surface area contributed by atoms with Crippen LogP contribution in [0.2, 0.25) is 5.02 Å². The van der Waals surface area contributed by atoms with Crippen LogP contribution in [-0.2, 0) is 6.54 Å². The number of ether oxygens (including phenoxy) is 1. The second-order valence-electron chi connectivity index (χ2n) is 6.04. The molecule has 0 atom stereocenters. The van der Waals surface area contributed by atoms with Crippen LogP contribution in [0.3, 0.4) is 0 Å². The standard InChI is InChI=1S/C19H14BrClF3N3O2/c20-16-10-27(9-12-4-6-14(21)7-5-12)26-17(16)25-18(28)13-2-1-3-15(8-13)29-11-19(22,23)24/h1-8,10H,9,11H2,(H,25,26,28). The molecule has 0 fully saturated rings. The predicted octanol–water partition coefficient (Wildman–Crippen LogP) is 5.54. The van der Waals surface area contributed by atoms with Crippen molar-refractivity contribution in [1.82, 2.24) is 9.78 Å². The molecule has 0 aliphatic rings. The molecule has 2 aromatic carbocycles. The van der Waals surface area contributed by atoms with E-state index in [-0.39, 0.29) is 17.1 Å². The van der Waals surface area contributed by atoms with Crippen LogP contribution < -0.4 is 10.1 Å². The molecule has 0 radical (unpaired) electrons. The summed E-state index contributed by atoms with van der Waals surface area (Å²) in [5.41, 5.74) is 1.11. The fourth-order valence-electron chi connectivity index (χ4n) is 2.41. The number of aromatic nitrogens is 2. The van der Waals surface area contributed by atoms with E-state index in [0.29, 0.717) is 16.0 Å². The Labute approximate surface area is 177 Å². The summed E-state index contributed by atoms with van der Waals surface area (Å²) in [5.74, 6) is -0.298. The van der Waals surface area contributed by atoms with Crippen molar-refractivity contribution in [2.45, 2.75) is 12.7 Å². The number of rotatable bonds is 6. The molecule has 0 spiro atoms. The molecular weight excluding hydrogens is 475 g/mol. The van der Waals surface area contributed by atoms with Gasteiger partial charge in [0.05, 0.1) is 11.0 Å². The van der Waals surface area contributed by atoms with Gasteiger partial charge in [-0.05, 0) is 51.8 Å². The van der Waals surface area contributed by atoms with Crippen molar-refractivity contribution in [2.24, 2.45) is 0 Å². The van der Waals surface area contributed by atoms with Crippen LogP contribution in [0, 0.1) is 0 Å². The molecule has 0 saturated carbocycles.